The minimum atomic E-state index is -4.50. The van der Waals surface area contributed by atoms with Crippen LogP contribution in [0.4, 0.5) is 13.2 Å². The maximum Gasteiger partial charge on any atom is 0.417 e. The SMILES string of the molecule is CNCCC1CCN(C(=O)c2ccccc2C(F)(F)F)CC1. The fraction of sp³-hybridized carbons (Fsp3) is 0.562. The quantitative estimate of drug-likeness (QED) is 0.926. The van der Waals surface area contributed by atoms with Crippen molar-refractivity contribution in [2.24, 2.45) is 5.92 Å². The van der Waals surface area contributed by atoms with Crippen LogP contribution < -0.4 is 5.32 Å². The first-order valence-corrected chi connectivity index (χ1v) is 7.53. The number of nitrogens with one attached hydrogen (secondary N) is 1. The minimum absolute atomic E-state index is 0.247. The number of amides is 1. The molecular formula is C16H21F3N2O. The summed E-state index contributed by atoms with van der Waals surface area (Å²) in [4.78, 5) is 13.9. The molecule has 1 fully saturated rings. The second kappa shape index (κ2) is 7.13. The molecule has 1 amide bonds. The van der Waals surface area contributed by atoms with Crippen molar-refractivity contribution in [1.29, 1.82) is 0 Å². The molecule has 1 aliphatic heterocycles. The van der Waals surface area contributed by atoms with Gasteiger partial charge in [-0.2, -0.15) is 13.2 Å². The highest BCUT2D eigenvalue weighted by molar-refractivity contribution is 5.96. The summed E-state index contributed by atoms with van der Waals surface area (Å²) in [5.41, 5.74) is -1.10. The van der Waals surface area contributed by atoms with E-state index in [1.165, 1.54) is 18.2 Å². The van der Waals surface area contributed by atoms with Crippen LogP contribution in [-0.2, 0) is 6.18 Å². The maximum absolute atomic E-state index is 13.0. The zero-order valence-electron chi connectivity index (χ0n) is 12.6. The van der Waals surface area contributed by atoms with Gasteiger partial charge in [0.2, 0.25) is 0 Å². The molecule has 0 aliphatic carbocycles. The highest BCUT2D eigenvalue weighted by Crippen LogP contribution is 2.33. The van der Waals surface area contributed by atoms with Gasteiger partial charge in [-0.25, -0.2) is 0 Å². The van der Waals surface area contributed by atoms with Crippen molar-refractivity contribution >= 4 is 5.91 Å². The molecule has 1 aliphatic rings. The van der Waals surface area contributed by atoms with Gasteiger partial charge in [0, 0.05) is 13.1 Å². The third-order valence-electron chi connectivity index (χ3n) is 4.17. The number of likely N-dealkylation sites (tertiary alicyclic amines) is 1. The van der Waals surface area contributed by atoms with Gasteiger partial charge in [-0.15, -0.1) is 0 Å². The second-order valence-corrected chi connectivity index (χ2v) is 5.67. The van der Waals surface area contributed by atoms with E-state index in [-0.39, 0.29) is 5.56 Å². The van der Waals surface area contributed by atoms with E-state index < -0.39 is 17.6 Å². The number of hydrogen-bond donors (Lipinski definition) is 1. The summed E-state index contributed by atoms with van der Waals surface area (Å²) < 4.78 is 39.0. The zero-order chi connectivity index (χ0) is 16.2. The maximum atomic E-state index is 13.0. The average Bonchev–Trinajstić information content (AvgIpc) is 2.52. The van der Waals surface area contributed by atoms with Gasteiger partial charge >= 0.3 is 6.18 Å². The molecule has 6 heteroatoms. The Morgan fingerprint density at radius 3 is 2.50 bits per heavy atom. The standard InChI is InChI=1S/C16H21F3N2O/c1-20-9-6-12-7-10-21(11-8-12)15(22)13-4-2-3-5-14(13)16(17,18)19/h2-5,12,20H,6-11H2,1H3. The molecule has 0 radical (unpaired) electrons. The van der Waals surface area contributed by atoms with Crippen molar-refractivity contribution in [3.63, 3.8) is 0 Å². The molecule has 0 atom stereocenters. The van der Waals surface area contributed by atoms with Gasteiger partial charge in [0.15, 0.2) is 0 Å². The number of rotatable bonds is 4. The number of alkyl halides is 3. The first-order chi connectivity index (χ1) is 10.4. The van der Waals surface area contributed by atoms with Crippen LogP contribution in [0, 0.1) is 5.92 Å². The van der Waals surface area contributed by atoms with E-state index in [2.05, 4.69) is 5.32 Å². The Hall–Kier alpha value is -1.56. The summed E-state index contributed by atoms with van der Waals surface area (Å²) in [7, 11) is 1.90. The molecule has 0 spiro atoms. The van der Waals surface area contributed by atoms with Gasteiger partial charge in [-0.3, -0.25) is 4.79 Å². The summed E-state index contributed by atoms with van der Waals surface area (Å²) in [5.74, 6) is 0.0225. The van der Waals surface area contributed by atoms with E-state index in [0.717, 1.165) is 31.9 Å². The average molecular weight is 314 g/mol. The number of halogens is 3. The van der Waals surface area contributed by atoms with E-state index in [1.807, 2.05) is 7.05 Å². The Morgan fingerprint density at radius 2 is 1.91 bits per heavy atom. The first-order valence-electron chi connectivity index (χ1n) is 7.53. The molecule has 0 bridgehead atoms. The van der Waals surface area contributed by atoms with Crippen molar-refractivity contribution < 1.29 is 18.0 Å². The lowest BCUT2D eigenvalue weighted by atomic mass is 9.93. The third-order valence-corrected chi connectivity index (χ3v) is 4.17. The summed E-state index contributed by atoms with van der Waals surface area (Å²) in [6, 6.07) is 5.01. The number of carbonyl (C=O) groups is 1. The van der Waals surface area contributed by atoms with Crippen LogP contribution in [0.1, 0.15) is 35.2 Å². The van der Waals surface area contributed by atoms with E-state index in [1.54, 1.807) is 4.90 Å². The molecule has 22 heavy (non-hydrogen) atoms. The highest BCUT2D eigenvalue weighted by Gasteiger charge is 2.36. The molecule has 0 aromatic heterocycles. The Morgan fingerprint density at radius 1 is 1.27 bits per heavy atom. The van der Waals surface area contributed by atoms with Gasteiger partial charge in [0.1, 0.15) is 0 Å². The molecule has 1 saturated heterocycles. The van der Waals surface area contributed by atoms with Gasteiger partial charge in [-0.1, -0.05) is 12.1 Å². The largest absolute Gasteiger partial charge is 0.417 e. The first kappa shape index (κ1) is 16.8. The molecule has 2 rings (SSSR count). The van der Waals surface area contributed by atoms with Gasteiger partial charge in [-0.05, 0) is 50.9 Å². The summed E-state index contributed by atoms with van der Waals surface area (Å²) in [6.45, 7) is 1.98. The smallest absolute Gasteiger partial charge is 0.339 e. The number of piperidine rings is 1. The highest BCUT2D eigenvalue weighted by atomic mass is 19.4. The van der Waals surface area contributed by atoms with Crippen molar-refractivity contribution in [2.75, 3.05) is 26.7 Å². The molecule has 0 unspecified atom stereocenters. The summed E-state index contributed by atoms with van der Waals surface area (Å²) in [5, 5.41) is 3.09. The molecule has 3 nitrogen and oxygen atoms in total. The third kappa shape index (κ3) is 4.00. The number of nitrogens with zero attached hydrogens (tertiary/aromatic N) is 1. The lowest BCUT2D eigenvalue weighted by Gasteiger charge is -2.32. The minimum Gasteiger partial charge on any atom is -0.339 e. The molecule has 1 aromatic rings. The van der Waals surface area contributed by atoms with Crippen LogP contribution in [0.15, 0.2) is 24.3 Å². The zero-order valence-corrected chi connectivity index (χ0v) is 12.6. The molecule has 1 heterocycles. The van der Waals surface area contributed by atoms with Gasteiger partial charge in [0.25, 0.3) is 5.91 Å². The van der Waals surface area contributed by atoms with Crippen molar-refractivity contribution in [1.82, 2.24) is 10.2 Å². The van der Waals surface area contributed by atoms with Crippen LogP contribution >= 0.6 is 0 Å². The molecule has 1 aromatic carbocycles. The number of carbonyl (C=O) groups excluding carboxylic acids is 1. The lowest BCUT2D eigenvalue weighted by Crippen LogP contribution is -2.39. The van der Waals surface area contributed by atoms with Gasteiger partial charge in [0.05, 0.1) is 11.1 Å². The predicted molar refractivity (Wildman–Crippen MR) is 78.6 cm³/mol. The Bertz CT molecular complexity index is 508. The van der Waals surface area contributed by atoms with Crippen LogP contribution in [0.3, 0.4) is 0 Å². The van der Waals surface area contributed by atoms with Crippen LogP contribution in [0.25, 0.3) is 0 Å². The predicted octanol–water partition coefficient (Wildman–Crippen LogP) is 3.17. The topological polar surface area (TPSA) is 32.3 Å². The Kier molecular flexibility index (Phi) is 5.45. The van der Waals surface area contributed by atoms with E-state index in [0.29, 0.717) is 19.0 Å². The molecule has 1 N–H and O–H groups in total. The van der Waals surface area contributed by atoms with E-state index in [9.17, 15) is 18.0 Å². The molecular weight excluding hydrogens is 293 g/mol. The number of benzene rings is 1. The van der Waals surface area contributed by atoms with E-state index >= 15 is 0 Å². The van der Waals surface area contributed by atoms with Crippen LogP contribution in [0.2, 0.25) is 0 Å². The fourth-order valence-corrected chi connectivity index (χ4v) is 2.86. The monoisotopic (exact) mass is 314 g/mol. The summed E-state index contributed by atoms with van der Waals surface area (Å²) >= 11 is 0. The summed E-state index contributed by atoms with van der Waals surface area (Å²) in [6.07, 6.45) is -1.77. The Balaban J connectivity index is 2.05. The van der Waals surface area contributed by atoms with E-state index in [4.69, 9.17) is 0 Å². The Labute approximate surface area is 128 Å². The normalized spacial score (nSPS) is 16.8. The molecule has 122 valence electrons. The second-order valence-electron chi connectivity index (χ2n) is 5.67. The van der Waals surface area contributed by atoms with Crippen LogP contribution in [0.5, 0.6) is 0 Å². The molecule has 0 saturated carbocycles. The number of hydrogen-bond acceptors (Lipinski definition) is 2. The lowest BCUT2D eigenvalue weighted by molar-refractivity contribution is -0.138. The van der Waals surface area contributed by atoms with Crippen molar-refractivity contribution in [2.45, 2.75) is 25.4 Å². The fourth-order valence-electron chi connectivity index (χ4n) is 2.86. The van der Waals surface area contributed by atoms with Crippen LogP contribution in [-0.4, -0.2) is 37.5 Å². The van der Waals surface area contributed by atoms with Crippen molar-refractivity contribution in [3.05, 3.63) is 35.4 Å². The van der Waals surface area contributed by atoms with Crippen molar-refractivity contribution in [3.8, 4) is 0 Å². The van der Waals surface area contributed by atoms with Gasteiger partial charge < -0.3 is 10.2 Å².